The van der Waals surface area contributed by atoms with Crippen LogP contribution in [0.3, 0.4) is 0 Å². The lowest BCUT2D eigenvalue weighted by atomic mass is 10.2. The summed E-state index contributed by atoms with van der Waals surface area (Å²) in [4.78, 5) is 1.91. The Morgan fingerprint density at radius 2 is 2.18 bits per heavy atom. The predicted molar refractivity (Wildman–Crippen MR) is 87.4 cm³/mol. The minimum absolute atomic E-state index is 0.0697. The van der Waals surface area contributed by atoms with Crippen molar-refractivity contribution in [2.75, 3.05) is 36.1 Å². The van der Waals surface area contributed by atoms with Crippen molar-refractivity contribution in [3.05, 3.63) is 24.0 Å². The first-order valence-corrected chi connectivity index (χ1v) is 9.83. The van der Waals surface area contributed by atoms with Gasteiger partial charge in [-0.3, -0.25) is 0 Å². The molecule has 1 aromatic rings. The molecule has 0 saturated carbocycles. The number of thioether (sulfide) groups is 1. The highest BCUT2D eigenvalue weighted by molar-refractivity contribution is 7.99. The van der Waals surface area contributed by atoms with Gasteiger partial charge in [-0.05, 0) is 37.3 Å². The van der Waals surface area contributed by atoms with E-state index in [0.29, 0.717) is 5.69 Å². The molecule has 1 saturated heterocycles. The molecule has 0 spiro atoms. The Morgan fingerprint density at radius 3 is 2.91 bits per heavy atom. The number of halogens is 1. The highest BCUT2D eigenvalue weighted by Gasteiger charge is 2.24. The molecule has 0 bridgehead atoms. The van der Waals surface area contributed by atoms with Crippen LogP contribution in [0.4, 0.5) is 10.1 Å². The largest absolute Gasteiger partial charge is 0.395 e. The van der Waals surface area contributed by atoms with Crippen LogP contribution in [0.25, 0.3) is 0 Å². The van der Waals surface area contributed by atoms with E-state index in [2.05, 4.69) is 4.72 Å². The minimum Gasteiger partial charge on any atom is -0.395 e. The van der Waals surface area contributed by atoms with E-state index in [1.165, 1.54) is 12.1 Å². The van der Waals surface area contributed by atoms with Gasteiger partial charge in [-0.2, -0.15) is 11.8 Å². The summed E-state index contributed by atoms with van der Waals surface area (Å²) in [5.74, 6) is 1.36. The highest BCUT2D eigenvalue weighted by atomic mass is 32.2. The third-order valence-electron chi connectivity index (χ3n) is 3.40. The summed E-state index contributed by atoms with van der Waals surface area (Å²) in [5, 5.41) is 9.04. The zero-order valence-corrected chi connectivity index (χ0v) is 14.1. The average Bonchev–Trinajstić information content (AvgIpc) is 2.75. The van der Waals surface area contributed by atoms with Crippen LogP contribution in [-0.2, 0) is 10.0 Å². The number of aliphatic hydroxyl groups excluding tert-OH is 1. The lowest BCUT2D eigenvalue weighted by molar-refractivity contribution is 0.265. The van der Waals surface area contributed by atoms with E-state index < -0.39 is 21.9 Å². The number of hydrogen-bond donors (Lipinski definition) is 2. The van der Waals surface area contributed by atoms with Crippen molar-refractivity contribution in [2.45, 2.75) is 24.3 Å². The van der Waals surface area contributed by atoms with Gasteiger partial charge in [0.15, 0.2) is 0 Å². The van der Waals surface area contributed by atoms with Crippen LogP contribution in [0.15, 0.2) is 23.1 Å². The topological polar surface area (TPSA) is 69.6 Å². The summed E-state index contributed by atoms with van der Waals surface area (Å²) in [5.41, 5.74) is 0.515. The smallest absolute Gasteiger partial charge is 0.243 e. The Labute approximate surface area is 134 Å². The Kier molecular flexibility index (Phi) is 6.08. The van der Waals surface area contributed by atoms with Crippen molar-refractivity contribution < 1.29 is 17.9 Å². The number of aliphatic hydroxyl groups is 1. The second-order valence-corrected chi connectivity index (χ2v) is 8.18. The zero-order chi connectivity index (χ0) is 16.2. The standard InChI is InChI=1S/C14H21FN2O3S2/c1-11(10-18)16-22(19,20)14-9-12(15)3-4-13(14)17-5-2-7-21-8-6-17/h3-4,9,11,16,18H,2,5-8,10H2,1H3/t11-/m0/s1. The quantitative estimate of drug-likeness (QED) is 0.842. The third-order valence-corrected chi connectivity index (χ3v) is 6.07. The maximum absolute atomic E-state index is 13.6. The summed E-state index contributed by atoms with van der Waals surface area (Å²) < 4.78 is 40.9. The van der Waals surface area contributed by atoms with Crippen LogP contribution in [0, 0.1) is 5.82 Å². The van der Waals surface area contributed by atoms with E-state index in [9.17, 15) is 12.8 Å². The van der Waals surface area contributed by atoms with Gasteiger partial charge >= 0.3 is 0 Å². The summed E-state index contributed by atoms with van der Waals surface area (Å²) in [6.45, 7) is 2.72. The molecule has 1 fully saturated rings. The summed E-state index contributed by atoms with van der Waals surface area (Å²) in [6, 6.07) is 3.21. The Hall–Kier alpha value is -0.830. The number of sulfonamides is 1. The molecule has 8 heteroatoms. The maximum Gasteiger partial charge on any atom is 0.243 e. The second-order valence-electron chi connectivity index (χ2n) is 5.27. The van der Waals surface area contributed by atoms with Crippen molar-refractivity contribution in [2.24, 2.45) is 0 Å². The van der Waals surface area contributed by atoms with Crippen molar-refractivity contribution in [1.82, 2.24) is 4.72 Å². The van der Waals surface area contributed by atoms with Gasteiger partial charge in [0, 0.05) is 24.9 Å². The number of nitrogens with zero attached hydrogens (tertiary/aromatic N) is 1. The molecule has 5 nitrogen and oxygen atoms in total. The number of anilines is 1. The summed E-state index contributed by atoms with van der Waals surface area (Å²) in [6.07, 6.45) is 0.960. The van der Waals surface area contributed by atoms with Gasteiger partial charge < -0.3 is 10.0 Å². The van der Waals surface area contributed by atoms with Crippen molar-refractivity contribution >= 4 is 27.5 Å². The number of nitrogens with one attached hydrogen (secondary N) is 1. The van der Waals surface area contributed by atoms with Gasteiger partial charge in [-0.15, -0.1) is 0 Å². The SMILES string of the molecule is C[C@@H](CO)NS(=O)(=O)c1cc(F)ccc1N1CCCSCC1. The number of hydrogen-bond acceptors (Lipinski definition) is 5. The molecule has 124 valence electrons. The number of benzene rings is 1. The lowest BCUT2D eigenvalue weighted by Crippen LogP contribution is -2.36. The van der Waals surface area contributed by atoms with E-state index in [1.807, 2.05) is 16.7 Å². The van der Waals surface area contributed by atoms with E-state index in [0.717, 1.165) is 37.1 Å². The molecule has 0 aliphatic carbocycles. The fraction of sp³-hybridized carbons (Fsp3) is 0.571. The summed E-state index contributed by atoms with van der Waals surface area (Å²) >= 11 is 1.83. The molecule has 0 radical (unpaired) electrons. The third kappa shape index (κ3) is 4.34. The zero-order valence-electron chi connectivity index (χ0n) is 12.5. The van der Waals surface area contributed by atoms with Crippen molar-refractivity contribution in [3.63, 3.8) is 0 Å². The average molecular weight is 348 g/mol. The maximum atomic E-state index is 13.6. The molecular weight excluding hydrogens is 327 g/mol. The molecule has 1 aliphatic rings. The van der Waals surface area contributed by atoms with E-state index in [-0.39, 0.29) is 11.5 Å². The van der Waals surface area contributed by atoms with Gasteiger partial charge in [0.1, 0.15) is 10.7 Å². The molecule has 0 aromatic heterocycles. The van der Waals surface area contributed by atoms with Crippen LogP contribution < -0.4 is 9.62 Å². The van der Waals surface area contributed by atoms with Crippen LogP contribution in [0.1, 0.15) is 13.3 Å². The van der Waals surface area contributed by atoms with E-state index >= 15 is 0 Å². The predicted octanol–water partition coefficient (Wildman–Crippen LogP) is 1.43. The molecule has 1 heterocycles. The Bertz CT molecular complexity index is 602. The highest BCUT2D eigenvalue weighted by Crippen LogP contribution is 2.28. The molecule has 1 aliphatic heterocycles. The molecule has 0 amide bonds. The Morgan fingerprint density at radius 1 is 1.41 bits per heavy atom. The molecule has 1 aromatic carbocycles. The van der Waals surface area contributed by atoms with Gasteiger partial charge in [-0.25, -0.2) is 17.5 Å². The normalized spacial score (nSPS) is 18.0. The first-order chi connectivity index (χ1) is 10.4. The van der Waals surface area contributed by atoms with Crippen LogP contribution in [0.5, 0.6) is 0 Å². The van der Waals surface area contributed by atoms with E-state index in [4.69, 9.17) is 5.11 Å². The molecule has 2 rings (SSSR count). The minimum atomic E-state index is -3.88. The van der Waals surface area contributed by atoms with Crippen molar-refractivity contribution in [3.8, 4) is 0 Å². The van der Waals surface area contributed by atoms with Crippen LogP contribution >= 0.6 is 11.8 Å². The first-order valence-electron chi connectivity index (χ1n) is 7.19. The second kappa shape index (κ2) is 7.63. The Balaban J connectivity index is 2.39. The number of rotatable bonds is 5. The van der Waals surface area contributed by atoms with Crippen LogP contribution in [0.2, 0.25) is 0 Å². The summed E-state index contributed by atoms with van der Waals surface area (Å²) in [7, 11) is -3.88. The molecule has 0 unspecified atom stereocenters. The molecule has 2 N–H and O–H groups in total. The lowest BCUT2D eigenvalue weighted by Gasteiger charge is -2.25. The monoisotopic (exact) mass is 348 g/mol. The van der Waals surface area contributed by atoms with Gasteiger partial charge in [0.25, 0.3) is 0 Å². The molecule has 22 heavy (non-hydrogen) atoms. The molecular formula is C14H21FN2O3S2. The van der Waals surface area contributed by atoms with Crippen molar-refractivity contribution in [1.29, 1.82) is 0 Å². The fourth-order valence-corrected chi connectivity index (χ4v) is 4.68. The van der Waals surface area contributed by atoms with Gasteiger partial charge in [0.2, 0.25) is 10.0 Å². The fourth-order valence-electron chi connectivity index (χ4n) is 2.32. The van der Waals surface area contributed by atoms with Gasteiger partial charge in [-0.1, -0.05) is 0 Å². The van der Waals surface area contributed by atoms with Gasteiger partial charge in [0.05, 0.1) is 12.3 Å². The molecule has 1 atom stereocenters. The first kappa shape index (κ1) is 17.5. The van der Waals surface area contributed by atoms with E-state index in [1.54, 1.807) is 6.92 Å². The van der Waals surface area contributed by atoms with Crippen LogP contribution in [-0.4, -0.2) is 50.8 Å².